The van der Waals surface area contributed by atoms with Gasteiger partial charge >= 0.3 is 0 Å². The summed E-state index contributed by atoms with van der Waals surface area (Å²) in [5.41, 5.74) is 2.69. The summed E-state index contributed by atoms with van der Waals surface area (Å²) in [6.07, 6.45) is 2.23. The van der Waals surface area contributed by atoms with Crippen molar-refractivity contribution >= 4 is 49.9 Å². The molecule has 2 aromatic heterocycles. The quantitative estimate of drug-likeness (QED) is 0.646. The molecule has 0 saturated heterocycles. The van der Waals surface area contributed by atoms with Gasteiger partial charge in [0.2, 0.25) is 5.91 Å². The Balaban J connectivity index is 1.63. The van der Waals surface area contributed by atoms with Gasteiger partial charge in [-0.1, -0.05) is 31.3 Å². The van der Waals surface area contributed by atoms with E-state index in [4.69, 9.17) is 0 Å². The van der Waals surface area contributed by atoms with Gasteiger partial charge in [-0.05, 0) is 37.0 Å². The Bertz CT molecular complexity index is 983. The average Bonchev–Trinajstić information content (AvgIpc) is 2.97. The second kappa shape index (κ2) is 6.53. The number of thiazole rings is 1. The lowest BCUT2D eigenvalue weighted by Crippen LogP contribution is -2.40. The van der Waals surface area contributed by atoms with Crippen molar-refractivity contribution < 1.29 is 4.79 Å². The Morgan fingerprint density at radius 1 is 1.31 bits per heavy atom. The molecule has 1 aromatic carbocycles. The maximum absolute atomic E-state index is 12.4. The number of aryl methyl sites for hydroxylation is 1. The molecule has 8 heteroatoms. The summed E-state index contributed by atoms with van der Waals surface area (Å²) < 4.78 is 1.11. The molecule has 0 saturated carbocycles. The SMILES string of the molecule is Cc1ccc2nc(Nc3ncnc4c3NC(=O)C(CC(C)C)N4)sc2c1. The van der Waals surface area contributed by atoms with E-state index in [0.717, 1.165) is 21.8 Å². The van der Waals surface area contributed by atoms with Crippen molar-refractivity contribution in [3.8, 4) is 0 Å². The van der Waals surface area contributed by atoms with Gasteiger partial charge in [0, 0.05) is 0 Å². The number of anilines is 4. The molecule has 1 aliphatic rings. The molecule has 0 fully saturated rings. The minimum absolute atomic E-state index is 0.0658. The number of fused-ring (bicyclic) bond motifs is 2. The van der Waals surface area contributed by atoms with Crippen molar-refractivity contribution in [3.63, 3.8) is 0 Å². The molecule has 26 heavy (non-hydrogen) atoms. The number of aromatic nitrogens is 3. The van der Waals surface area contributed by atoms with Crippen LogP contribution in [0.3, 0.4) is 0 Å². The van der Waals surface area contributed by atoms with Gasteiger partial charge in [0.1, 0.15) is 18.1 Å². The molecule has 0 aliphatic carbocycles. The van der Waals surface area contributed by atoms with Gasteiger partial charge in [-0.15, -0.1) is 0 Å². The lowest BCUT2D eigenvalue weighted by Gasteiger charge is -2.27. The predicted octanol–water partition coefficient (Wildman–Crippen LogP) is 3.92. The Kier molecular flexibility index (Phi) is 4.20. The standard InChI is InChI=1S/C18H20N6OS/c1-9(2)6-12-17(25)23-14-15(21-12)19-8-20-16(14)24-18-22-11-5-4-10(3)7-13(11)26-18/h4-5,7-9,12H,6H2,1-3H3,(H,23,25)(H2,19,20,21,22,24). The number of benzene rings is 1. The monoisotopic (exact) mass is 368 g/mol. The lowest BCUT2D eigenvalue weighted by molar-refractivity contribution is -0.117. The molecule has 0 radical (unpaired) electrons. The van der Waals surface area contributed by atoms with Crippen LogP contribution in [0.2, 0.25) is 0 Å². The number of amides is 1. The van der Waals surface area contributed by atoms with Crippen molar-refractivity contribution in [2.45, 2.75) is 33.2 Å². The van der Waals surface area contributed by atoms with E-state index >= 15 is 0 Å². The third-order valence-corrected chi connectivity index (χ3v) is 5.13. The minimum atomic E-state index is -0.282. The molecule has 4 rings (SSSR count). The number of rotatable bonds is 4. The van der Waals surface area contributed by atoms with Gasteiger partial charge in [0.25, 0.3) is 0 Å². The van der Waals surface area contributed by atoms with Crippen LogP contribution in [0.5, 0.6) is 0 Å². The molecule has 0 bridgehead atoms. The highest BCUT2D eigenvalue weighted by Crippen LogP contribution is 2.35. The molecule has 3 N–H and O–H groups in total. The second-order valence-corrected chi connectivity index (χ2v) is 7.91. The van der Waals surface area contributed by atoms with Crippen molar-refractivity contribution in [1.82, 2.24) is 15.0 Å². The molecule has 1 unspecified atom stereocenters. The van der Waals surface area contributed by atoms with Gasteiger partial charge in [-0.25, -0.2) is 15.0 Å². The van der Waals surface area contributed by atoms with Gasteiger partial charge in [0.05, 0.1) is 10.2 Å². The van der Waals surface area contributed by atoms with Crippen LogP contribution in [0, 0.1) is 12.8 Å². The summed E-state index contributed by atoms with van der Waals surface area (Å²) in [5.74, 6) is 1.51. The van der Waals surface area contributed by atoms with Crippen molar-refractivity contribution in [3.05, 3.63) is 30.1 Å². The molecule has 1 amide bonds. The first-order valence-electron chi connectivity index (χ1n) is 8.56. The molecule has 3 heterocycles. The summed E-state index contributed by atoms with van der Waals surface area (Å²) in [7, 11) is 0. The van der Waals surface area contributed by atoms with E-state index < -0.39 is 0 Å². The zero-order chi connectivity index (χ0) is 18.3. The molecule has 3 aromatic rings. The smallest absolute Gasteiger partial charge is 0.247 e. The molecule has 7 nitrogen and oxygen atoms in total. The fraction of sp³-hybridized carbons (Fsp3) is 0.333. The first-order chi connectivity index (χ1) is 12.5. The molecule has 1 aliphatic heterocycles. The normalized spacial score (nSPS) is 16.3. The highest BCUT2D eigenvalue weighted by atomic mass is 32.1. The zero-order valence-corrected chi connectivity index (χ0v) is 15.6. The van der Waals surface area contributed by atoms with Crippen LogP contribution in [0.4, 0.5) is 22.5 Å². The molecule has 1 atom stereocenters. The van der Waals surface area contributed by atoms with E-state index in [0.29, 0.717) is 23.2 Å². The number of carbonyl (C=O) groups is 1. The summed E-state index contributed by atoms with van der Waals surface area (Å²) >= 11 is 1.55. The number of hydrogen-bond acceptors (Lipinski definition) is 7. The Hall–Kier alpha value is -2.74. The first kappa shape index (κ1) is 16.7. The molecule has 134 valence electrons. The van der Waals surface area contributed by atoms with Gasteiger partial charge in [0.15, 0.2) is 16.8 Å². The number of nitrogens with one attached hydrogen (secondary N) is 3. The van der Waals surface area contributed by atoms with Crippen LogP contribution in [-0.2, 0) is 4.79 Å². The van der Waals surface area contributed by atoms with E-state index in [1.54, 1.807) is 11.3 Å². The highest BCUT2D eigenvalue weighted by molar-refractivity contribution is 7.22. The third kappa shape index (κ3) is 3.20. The third-order valence-electron chi connectivity index (χ3n) is 4.20. The maximum Gasteiger partial charge on any atom is 0.247 e. The summed E-state index contributed by atoms with van der Waals surface area (Å²) in [6, 6.07) is 5.86. The van der Waals surface area contributed by atoms with Crippen LogP contribution in [-0.4, -0.2) is 26.9 Å². The zero-order valence-electron chi connectivity index (χ0n) is 14.8. The van der Waals surface area contributed by atoms with Gasteiger partial charge in [-0.2, -0.15) is 0 Å². The van der Waals surface area contributed by atoms with Gasteiger partial charge < -0.3 is 16.0 Å². The van der Waals surface area contributed by atoms with Crippen molar-refractivity contribution in [2.24, 2.45) is 5.92 Å². The maximum atomic E-state index is 12.4. The highest BCUT2D eigenvalue weighted by Gasteiger charge is 2.29. The van der Waals surface area contributed by atoms with E-state index in [1.165, 1.54) is 11.9 Å². The van der Waals surface area contributed by atoms with Crippen LogP contribution in [0.25, 0.3) is 10.2 Å². The van der Waals surface area contributed by atoms with Crippen molar-refractivity contribution in [1.29, 1.82) is 0 Å². The fourth-order valence-electron chi connectivity index (χ4n) is 2.97. The lowest BCUT2D eigenvalue weighted by atomic mass is 10.0. The largest absolute Gasteiger partial charge is 0.356 e. The number of carbonyl (C=O) groups excluding carboxylic acids is 1. The summed E-state index contributed by atoms with van der Waals surface area (Å²) in [5, 5.41) is 10.1. The van der Waals surface area contributed by atoms with E-state index in [2.05, 4.69) is 57.7 Å². The number of nitrogens with zero attached hydrogens (tertiary/aromatic N) is 3. The van der Waals surface area contributed by atoms with Crippen LogP contribution in [0.15, 0.2) is 24.5 Å². The average molecular weight is 368 g/mol. The Morgan fingerprint density at radius 3 is 2.96 bits per heavy atom. The van der Waals surface area contributed by atoms with E-state index in [1.807, 2.05) is 12.1 Å². The van der Waals surface area contributed by atoms with Crippen molar-refractivity contribution in [2.75, 3.05) is 16.0 Å². The fourth-order valence-corrected chi connectivity index (χ4v) is 3.94. The molecule has 0 spiro atoms. The molecular formula is C18H20N6OS. The van der Waals surface area contributed by atoms with Crippen LogP contribution >= 0.6 is 11.3 Å². The van der Waals surface area contributed by atoms with Crippen LogP contribution < -0.4 is 16.0 Å². The molecular weight excluding hydrogens is 348 g/mol. The first-order valence-corrected chi connectivity index (χ1v) is 9.38. The second-order valence-electron chi connectivity index (χ2n) is 6.88. The number of hydrogen-bond donors (Lipinski definition) is 3. The summed E-state index contributed by atoms with van der Waals surface area (Å²) in [4.78, 5) is 25.5. The van der Waals surface area contributed by atoms with Crippen LogP contribution in [0.1, 0.15) is 25.8 Å². The minimum Gasteiger partial charge on any atom is -0.356 e. The summed E-state index contributed by atoms with van der Waals surface area (Å²) in [6.45, 7) is 6.24. The Morgan fingerprint density at radius 2 is 2.15 bits per heavy atom. The van der Waals surface area contributed by atoms with E-state index in [9.17, 15) is 4.79 Å². The topological polar surface area (TPSA) is 91.8 Å². The Labute approximate surface area is 155 Å². The van der Waals surface area contributed by atoms with Gasteiger partial charge in [-0.3, -0.25) is 4.79 Å². The van der Waals surface area contributed by atoms with E-state index in [-0.39, 0.29) is 11.9 Å². The predicted molar refractivity (Wildman–Crippen MR) is 105 cm³/mol.